The van der Waals surface area contributed by atoms with Gasteiger partial charge in [0.05, 0.1) is 35.6 Å². The molecule has 37 heavy (non-hydrogen) atoms. The van der Waals surface area contributed by atoms with Gasteiger partial charge in [-0.2, -0.15) is 0 Å². The second-order valence-electron chi connectivity index (χ2n) is 10.3. The summed E-state index contributed by atoms with van der Waals surface area (Å²) in [6, 6.07) is 3.12. The third-order valence-electron chi connectivity index (χ3n) is 7.59. The molecule has 4 heterocycles. The Morgan fingerprint density at radius 1 is 1.16 bits per heavy atom. The van der Waals surface area contributed by atoms with Gasteiger partial charge in [-0.1, -0.05) is 18.0 Å². The number of carbonyl (C=O) groups is 2. The number of esters is 1. The summed E-state index contributed by atoms with van der Waals surface area (Å²) >= 11 is 6.12. The number of carbonyl (C=O) groups excluding carboxylic acids is 2. The summed E-state index contributed by atoms with van der Waals surface area (Å²) in [5.74, 6) is 0.664. The van der Waals surface area contributed by atoms with E-state index in [2.05, 4.69) is 15.1 Å². The van der Waals surface area contributed by atoms with E-state index in [1.54, 1.807) is 6.07 Å². The van der Waals surface area contributed by atoms with Crippen LogP contribution in [0.3, 0.4) is 0 Å². The van der Waals surface area contributed by atoms with Crippen LogP contribution in [0.25, 0.3) is 0 Å². The lowest BCUT2D eigenvalue weighted by Gasteiger charge is -2.43. The molecule has 3 N–H and O–H groups in total. The molecule has 0 radical (unpaired) electrons. The summed E-state index contributed by atoms with van der Waals surface area (Å²) in [5.41, 5.74) is 6.59. The van der Waals surface area contributed by atoms with Gasteiger partial charge in [0.1, 0.15) is 11.9 Å². The normalized spacial score (nSPS) is 25.6. The Hall–Kier alpha value is -2.07. The molecule has 4 aliphatic heterocycles. The van der Waals surface area contributed by atoms with Gasteiger partial charge in [-0.15, -0.1) is 0 Å². The van der Waals surface area contributed by atoms with E-state index in [0.717, 1.165) is 71.4 Å². The van der Waals surface area contributed by atoms with Gasteiger partial charge in [-0.3, -0.25) is 19.4 Å². The summed E-state index contributed by atoms with van der Waals surface area (Å²) in [4.78, 5) is 29.9. The summed E-state index contributed by atoms with van der Waals surface area (Å²) < 4.78 is 17.2. The number of ether oxygens (including phenoxy) is 3. The standard InChI is InChI=1S/C27H41ClN4O5/c1-2-35-24-15-23(29)22(28)14-21(24)27(34)30-16-20-17-31(12-13-36-20)9-5-3-4-6-26(33)37-25-18-32-10-7-19(25)8-11-32/h14-15,19-20,25H,2-13,16-18,29H2,1H3,(H,30,34). The molecule has 4 saturated heterocycles. The first-order chi connectivity index (χ1) is 17.9. The van der Waals surface area contributed by atoms with Crippen LogP contribution in [0.5, 0.6) is 5.75 Å². The molecule has 2 bridgehead atoms. The number of halogens is 1. The highest BCUT2D eigenvalue weighted by atomic mass is 35.5. The predicted molar refractivity (Wildman–Crippen MR) is 143 cm³/mol. The number of nitrogen functional groups attached to an aromatic ring is 1. The van der Waals surface area contributed by atoms with Crippen LogP contribution in [0.15, 0.2) is 12.1 Å². The fourth-order valence-electron chi connectivity index (χ4n) is 5.48. The Bertz CT molecular complexity index is 924. The lowest BCUT2D eigenvalue weighted by molar-refractivity contribution is -0.158. The Morgan fingerprint density at radius 2 is 1.97 bits per heavy atom. The van der Waals surface area contributed by atoms with E-state index in [9.17, 15) is 9.59 Å². The molecule has 1 aromatic rings. The number of hydrogen-bond acceptors (Lipinski definition) is 8. The number of anilines is 1. The van der Waals surface area contributed by atoms with Gasteiger partial charge in [-0.25, -0.2) is 0 Å². The third kappa shape index (κ3) is 7.96. The second kappa shape index (κ2) is 13.6. The van der Waals surface area contributed by atoms with Crippen molar-refractivity contribution in [1.82, 2.24) is 15.1 Å². The van der Waals surface area contributed by atoms with Crippen molar-refractivity contribution < 1.29 is 23.8 Å². The van der Waals surface area contributed by atoms with Crippen molar-refractivity contribution in [2.24, 2.45) is 5.92 Å². The van der Waals surface area contributed by atoms with Crippen molar-refractivity contribution in [3.8, 4) is 5.75 Å². The van der Waals surface area contributed by atoms with E-state index in [1.807, 2.05) is 6.92 Å². The maximum absolute atomic E-state index is 12.8. The highest BCUT2D eigenvalue weighted by Gasteiger charge is 2.36. The maximum atomic E-state index is 12.8. The van der Waals surface area contributed by atoms with Crippen LogP contribution >= 0.6 is 11.6 Å². The molecule has 9 nitrogen and oxygen atoms in total. The average molecular weight is 537 g/mol. The average Bonchev–Trinajstić information content (AvgIpc) is 2.90. The fraction of sp³-hybridized carbons (Fsp3) is 0.704. The van der Waals surface area contributed by atoms with Crippen LogP contribution in [-0.2, 0) is 14.3 Å². The predicted octanol–water partition coefficient (Wildman–Crippen LogP) is 2.95. The van der Waals surface area contributed by atoms with Gasteiger partial charge in [0.2, 0.25) is 0 Å². The fourth-order valence-corrected chi connectivity index (χ4v) is 5.65. The molecule has 206 valence electrons. The Labute approximate surface area is 224 Å². The first-order valence-corrected chi connectivity index (χ1v) is 14.1. The zero-order valence-corrected chi connectivity index (χ0v) is 22.6. The topological polar surface area (TPSA) is 106 Å². The van der Waals surface area contributed by atoms with Crippen LogP contribution in [-0.4, -0.2) is 92.9 Å². The van der Waals surface area contributed by atoms with E-state index in [1.165, 1.54) is 6.07 Å². The molecule has 0 spiro atoms. The van der Waals surface area contributed by atoms with Gasteiger partial charge in [0.15, 0.2) is 0 Å². The summed E-state index contributed by atoms with van der Waals surface area (Å²) in [6.45, 7) is 9.08. The zero-order chi connectivity index (χ0) is 26.2. The first kappa shape index (κ1) is 28.0. The van der Waals surface area contributed by atoms with Crippen molar-refractivity contribution in [3.63, 3.8) is 0 Å². The largest absolute Gasteiger partial charge is 0.493 e. The molecule has 5 rings (SSSR count). The van der Waals surface area contributed by atoms with Gasteiger partial charge in [-0.05, 0) is 64.2 Å². The van der Waals surface area contributed by atoms with Crippen molar-refractivity contribution in [2.45, 2.75) is 57.7 Å². The Morgan fingerprint density at radius 3 is 2.70 bits per heavy atom. The molecule has 4 fully saturated rings. The van der Waals surface area contributed by atoms with E-state index in [0.29, 0.717) is 54.1 Å². The number of rotatable bonds is 12. The third-order valence-corrected chi connectivity index (χ3v) is 7.92. The minimum Gasteiger partial charge on any atom is -0.493 e. The molecule has 1 aromatic carbocycles. The van der Waals surface area contributed by atoms with Gasteiger partial charge < -0.3 is 25.3 Å². The van der Waals surface area contributed by atoms with Crippen LogP contribution in [0.4, 0.5) is 5.69 Å². The minimum atomic E-state index is -0.267. The van der Waals surface area contributed by atoms with Gasteiger partial charge >= 0.3 is 5.97 Å². The van der Waals surface area contributed by atoms with Crippen LogP contribution in [0, 0.1) is 5.92 Å². The number of nitrogens with zero attached hydrogens (tertiary/aromatic N) is 2. The molecule has 0 aliphatic carbocycles. The number of amides is 1. The molecule has 0 aromatic heterocycles. The summed E-state index contributed by atoms with van der Waals surface area (Å²) in [5, 5.41) is 3.26. The number of hydrogen-bond donors (Lipinski definition) is 2. The van der Waals surface area contributed by atoms with E-state index < -0.39 is 0 Å². The van der Waals surface area contributed by atoms with Gasteiger partial charge in [0, 0.05) is 38.7 Å². The molecular weight excluding hydrogens is 496 g/mol. The molecule has 1 amide bonds. The molecule has 10 heteroatoms. The van der Waals surface area contributed by atoms with E-state index in [4.69, 9.17) is 31.5 Å². The Kier molecular flexibility index (Phi) is 10.3. The van der Waals surface area contributed by atoms with Crippen LogP contribution in [0.1, 0.15) is 55.8 Å². The van der Waals surface area contributed by atoms with Crippen molar-refractivity contribution in [1.29, 1.82) is 0 Å². The quantitative estimate of drug-likeness (QED) is 0.238. The number of nitrogens with one attached hydrogen (secondary N) is 1. The minimum absolute atomic E-state index is 0.0455. The number of fused-ring (bicyclic) bond motifs is 3. The number of unbranched alkanes of at least 4 members (excludes halogenated alkanes) is 2. The molecule has 0 saturated carbocycles. The summed E-state index contributed by atoms with van der Waals surface area (Å²) in [6.07, 6.45) is 5.70. The smallest absolute Gasteiger partial charge is 0.306 e. The SMILES string of the molecule is CCOc1cc(N)c(Cl)cc1C(=O)NCC1CN(CCCCCC(=O)OC2CN3CCC2CC3)CCO1. The highest BCUT2D eigenvalue weighted by Crippen LogP contribution is 2.30. The summed E-state index contributed by atoms with van der Waals surface area (Å²) in [7, 11) is 0. The van der Waals surface area contributed by atoms with Crippen molar-refractivity contribution in [2.75, 3.05) is 64.8 Å². The molecule has 2 unspecified atom stereocenters. The van der Waals surface area contributed by atoms with Crippen molar-refractivity contribution >= 4 is 29.2 Å². The maximum Gasteiger partial charge on any atom is 0.306 e. The molecular formula is C27H41ClN4O5. The lowest BCUT2D eigenvalue weighted by Crippen LogP contribution is -2.51. The number of benzene rings is 1. The van der Waals surface area contributed by atoms with Crippen LogP contribution < -0.4 is 15.8 Å². The monoisotopic (exact) mass is 536 g/mol. The lowest BCUT2D eigenvalue weighted by atomic mass is 9.86. The van der Waals surface area contributed by atoms with Crippen molar-refractivity contribution in [3.05, 3.63) is 22.7 Å². The second-order valence-corrected chi connectivity index (χ2v) is 10.7. The number of piperidine rings is 3. The number of nitrogens with two attached hydrogens (primary N) is 1. The molecule has 4 aliphatic rings. The zero-order valence-electron chi connectivity index (χ0n) is 21.9. The molecule has 2 atom stereocenters. The number of morpholine rings is 1. The first-order valence-electron chi connectivity index (χ1n) is 13.7. The van der Waals surface area contributed by atoms with E-state index in [-0.39, 0.29) is 24.1 Å². The van der Waals surface area contributed by atoms with Crippen LogP contribution in [0.2, 0.25) is 5.02 Å². The Balaban J connectivity index is 1.12. The highest BCUT2D eigenvalue weighted by molar-refractivity contribution is 6.33. The van der Waals surface area contributed by atoms with E-state index >= 15 is 0 Å². The van der Waals surface area contributed by atoms with Gasteiger partial charge in [0.25, 0.3) is 5.91 Å².